The molecular weight excluding hydrogens is 493 g/mol. The molecule has 0 unspecified atom stereocenters. The standard InChI is InChI=1S/C30H35F7/c1-2-3-19-6-12-24(13-7-19)29(33,34)18-20-4-8-21(9-5-20)22-10-14-25(27(31)16-22)23-11-15-26(28(32)17-23)30(35,36)37/h10-11,14-17,19-21,24H,2-9,12-13,18H2,1H3. The fraction of sp³-hybridized carbons (Fsp3) is 0.600. The van der Waals surface area contributed by atoms with E-state index in [-0.39, 0.29) is 29.4 Å². The molecule has 0 saturated heterocycles. The second kappa shape index (κ2) is 11.4. The molecule has 0 amide bonds. The lowest BCUT2D eigenvalue weighted by molar-refractivity contribution is -0.140. The van der Waals surface area contributed by atoms with Crippen LogP contribution in [-0.4, -0.2) is 5.92 Å². The zero-order valence-corrected chi connectivity index (χ0v) is 21.2. The van der Waals surface area contributed by atoms with Crippen LogP contribution in [0.5, 0.6) is 0 Å². The fourth-order valence-corrected chi connectivity index (χ4v) is 6.47. The molecule has 2 aliphatic rings. The van der Waals surface area contributed by atoms with Crippen molar-refractivity contribution < 1.29 is 30.7 Å². The van der Waals surface area contributed by atoms with Gasteiger partial charge in [-0.15, -0.1) is 0 Å². The molecule has 2 saturated carbocycles. The van der Waals surface area contributed by atoms with E-state index in [1.165, 1.54) is 12.1 Å². The van der Waals surface area contributed by atoms with Gasteiger partial charge in [0.25, 0.3) is 5.92 Å². The number of rotatable bonds is 7. The summed E-state index contributed by atoms with van der Waals surface area (Å²) < 4.78 is 97.4. The van der Waals surface area contributed by atoms with Gasteiger partial charge in [0, 0.05) is 17.9 Å². The fourth-order valence-electron chi connectivity index (χ4n) is 6.47. The van der Waals surface area contributed by atoms with Gasteiger partial charge >= 0.3 is 6.18 Å². The Kier molecular flexibility index (Phi) is 8.59. The Morgan fingerprint density at radius 3 is 1.95 bits per heavy atom. The molecule has 0 bridgehead atoms. The molecule has 2 aromatic carbocycles. The topological polar surface area (TPSA) is 0 Å². The van der Waals surface area contributed by atoms with Crippen molar-refractivity contribution in [3.8, 4) is 11.1 Å². The summed E-state index contributed by atoms with van der Waals surface area (Å²) in [6.45, 7) is 2.14. The van der Waals surface area contributed by atoms with Crippen molar-refractivity contribution in [3.63, 3.8) is 0 Å². The van der Waals surface area contributed by atoms with E-state index in [1.54, 1.807) is 6.07 Å². The van der Waals surface area contributed by atoms with Gasteiger partial charge in [-0.2, -0.15) is 13.2 Å². The summed E-state index contributed by atoms with van der Waals surface area (Å²) in [4.78, 5) is 0. The monoisotopic (exact) mass is 528 g/mol. The smallest absolute Gasteiger partial charge is 0.207 e. The highest BCUT2D eigenvalue weighted by atomic mass is 19.4. The van der Waals surface area contributed by atoms with Gasteiger partial charge in [0.2, 0.25) is 0 Å². The van der Waals surface area contributed by atoms with Crippen molar-refractivity contribution in [3.05, 3.63) is 59.2 Å². The molecule has 204 valence electrons. The normalized spacial score (nSPS) is 25.3. The van der Waals surface area contributed by atoms with Gasteiger partial charge in [-0.05, 0) is 98.4 Å². The van der Waals surface area contributed by atoms with Gasteiger partial charge in [-0.25, -0.2) is 17.6 Å². The van der Waals surface area contributed by atoms with Crippen LogP contribution in [0.4, 0.5) is 30.7 Å². The Bertz CT molecular complexity index is 1040. The van der Waals surface area contributed by atoms with Crippen LogP contribution in [-0.2, 0) is 6.18 Å². The maximum atomic E-state index is 15.1. The van der Waals surface area contributed by atoms with Crippen LogP contribution in [0.1, 0.15) is 94.6 Å². The highest BCUT2D eigenvalue weighted by molar-refractivity contribution is 5.65. The Morgan fingerprint density at radius 2 is 1.38 bits per heavy atom. The van der Waals surface area contributed by atoms with E-state index in [0.717, 1.165) is 37.3 Å². The molecule has 4 rings (SSSR count). The van der Waals surface area contributed by atoms with Gasteiger partial charge in [0.15, 0.2) is 0 Å². The van der Waals surface area contributed by atoms with E-state index in [2.05, 4.69) is 6.92 Å². The number of hydrogen-bond donors (Lipinski definition) is 0. The van der Waals surface area contributed by atoms with Gasteiger partial charge in [-0.1, -0.05) is 38.0 Å². The minimum absolute atomic E-state index is 0.0263. The summed E-state index contributed by atoms with van der Waals surface area (Å²) in [5.74, 6) is -4.64. The zero-order valence-electron chi connectivity index (χ0n) is 21.2. The van der Waals surface area contributed by atoms with Crippen molar-refractivity contribution in [2.75, 3.05) is 0 Å². The summed E-state index contributed by atoms with van der Waals surface area (Å²) >= 11 is 0. The Balaban J connectivity index is 1.34. The van der Waals surface area contributed by atoms with Gasteiger partial charge in [0.1, 0.15) is 11.6 Å². The van der Waals surface area contributed by atoms with E-state index in [1.807, 2.05) is 0 Å². The summed E-state index contributed by atoms with van der Waals surface area (Å²) in [5, 5.41) is 0. The maximum absolute atomic E-state index is 15.1. The van der Waals surface area contributed by atoms with Crippen LogP contribution < -0.4 is 0 Å². The third kappa shape index (κ3) is 6.69. The lowest BCUT2D eigenvalue weighted by atomic mass is 9.72. The molecule has 0 heterocycles. The van der Waals surface area contributed by atoms with Crippen LogP contribution in [0.25, 0.3) is 11.1 Å². The third-order valence-electron chi connectivity index (χ3n) is 8.60. The largest absolute Gasteiger partial charge is 0.419 e. The Labute approximate surface area is 214 Å². The van der Waals surface area contributed by atoms with Crippen LogP contribution >= 0.6 is 0 Å². The van der Waals surface area contributed by atoms with Crippen molar-refractivity contribution in [2.24, 2.45) is 17.8 Å². The highest BCUT2D eigenvalue weighted by Gasteiger charge is 2.43. The first-order valence-corrected chi connectivity index (χ1v) is 13.5. The number of halogens is 7. The lowest BCUT2D eigenvalue weighted by Gasteiger charge is -2.37. The molecular formula is C30H35F7. The first-order chi connectivity index (χ1) is 17.5. The van der Waals surface area contributed by atoms with E-state index in [9.17, 15) is 22.0 Å². The van der Waals surface area contributed by atoms with Crippen LogP contribution in [0.3, 0.4) is 0 Å². The summed E-state index contributed by atoms with van der Waals surface area (Å²) in [6.07, 6.45) is 3.09. The van der Waals surface area contributed by atoms with Crippen LogP contribution in [0.15, 0.2) is 36.4 Å². The van der Waals surface area contributed by atoms with E-state index >= 15 is 8.78 Å². The molecule has 2 aliphatic carbocycles. The molecule has 7 heteroatoms. The van der Waals surface area contributed by atoms with Gasteiger partial charge in [0.05, 0.1) is 5.56 Å². The lowest BCUT2D eigenvalue weighted by Crippen LogP contribution is -2.34. The molecule has 2 fully saturated rings. The highest BCUT2D eigenvalue weighted by Crippen LogP contribution is 2.47. The molecule has 0 nitrogen and oxygen atoms in total. The molecule has 2 aromatic rings. The predicted molar refractivity (Wildman–Crippen MR) is 131 cm³/mol. The average Bonchev–Trinajstić information content (AvgIpc) is 2.84. The molecule has 0 atom stereocenters. The summed E-state index contributed by atoms with van der Waals surface area (Å²) in [6, 6.07) is 6.89. The van der Waals surface area contributed by atoms with E-state index < -0.39 is 35.2 Å². The summed E-state index contributed by atoms with van der Waals surface area (Å²) in [7, 11) is 0. The van der Waals surface area contributed by atoms with E-state index in [0.29, 0.717) is 56.6 Å². The number of hydrogen-bond acceptors (Lipinski definition) is 0. The first-order valence-electron chi connectivity index (χ1n) is 13.5. The van der Waals surface area contributed by atoms with Crippen LogP contribution in [0.2, 0.25) is 0 Å². The Morgan fingerprint density at radius 1 is 0.730 bits per heavy atom. The molecule has 0 N–H and O–H groups in total. The molecule has 0 spiro atoms. The average molecular weight is 529 g/mol. The predicted octanol–water partition coefficient (Wildman–Crippen LogP) is 10.6. The number of benzene rings is 2. The SMILES string of the molecule is CCCC1CCC(C(F)(F)CC2CCC(c3ccc(-c4ccc(C(F)(F)F)c(F)c4)c(F)c3)CC2)CC1. The second-order valence-electron chi connectivity index (χ2n) is 11.1. The number of alkyl halides is 5. The van der Waals surface area contributed by atoms with Crippen molar-refractivity contribution in [2.45, 2.75) is 95.6 Å². The minimum atomic E-state index is -4.82. The molecule has 0 aliphatic heterocycles. The quantitative estimate of drug-likeness (QED) is 0.314. The summed E-state index contributed by atoms with van der Waals surface area (Å²) in [5.41, 5.74) is -0.588. The minimum Gasteiger partial charge on any atom is -0.207 e. The van der Waals surface area contributed by atoms with Crippen molar-refractivity contribution in [1.82, 2.24) is 0 Å². The molecule has 0 radical (unpaired) electrons. The van der Waals surface area contributed by atoms with Gasteiger partial charge in [-0.3, -0.25) is 0 Å². The van der Waals surface area contributed by atoms with Gasteiger partial charge < -0.3 is 0 Å². The molecule has 37 heavy (non-hydrogen) atoms. The third-order valence-corrected chi connectivity index (χ3v) is 8.60. The second-order valence-corrected chi connectivity index (χ2v) is 11.1. The molecule has 0 aromatic heterocycles. The first kappa shape index (κ1) is 28.0. The van der Waals surface area contributed by atoms with Crippen molar-refractivity contribution in [1.29, 1.82) is 0 Å². The van der Waals surface area contributed by atoms with Crippen LogP contribution in [0, 0.1) is 29.4 Å². The maximum Gasteiger partial charge on any atom is 0.419 e. The van der Waals surface area contributed by atoms with Crippen molar-refractivity contribution >= 4 is 0 Å². The zero-order chi connectivity index (χ0) is 26.8. The Hall–Kier alpha value is -2.05. The van der Waals surface area contributed by atoms with E-state index in [4.69, 9.17) is 0 Å².